The predicted molar refractivity (Wildman–Crippen MR) is 73.3 cm³/mol. The number of hydrogen-bond acceptors (Lipinski definition) is 4. The van der Waals surface area contributed by atoms with Gasteiger partial charge in [0.15, 0.2) is 5.16 Å². The maximum absolute atomic E-state index is 5.74. The Morgan fingerprint density at radius 2 is 2.33 bits per heavy atom. The summed E-state index contributed by atoms with van der Waals surface area (Å²) in [6.07, 6.45) is 3.88. The van der Waals surface area contributed by atoms with Crippen LogP contribution in [0.4, 0.5) is 5.69 Å². The smallest absolute Gasteiger partial charge is 0.166 e. The molecule has 0 aliphatic carbocycles. The molecule has 0 saturated carbocycles. The molecule has 0 aliphatic heterocycles. The number of nitrogens with one attached hydrogen (secondary N) is 1. The van der Waals surface area contributed by atoms with Crippen LogP contribution in [0.1, 0.15) is 5.56 Å². The average Bonchev–Trinajstić information content (AvgIpc) is 2.92. The van der Waals surface area contributed by atoms with E-state index in [1.165, 1.54) is 5.56 Å². The molecular weight excluding hydrogens is 246 g/mol. The minimum atomic E-state index is 0.745. The summed E-state index contributed by atoms with van der Waals surface area (Å²) in [5.41, 5.74) is 9.58. The van der Waals surface area contributed by atoms with Crippen LogP contribution in [0.2, 0.25) is 0 Å². The standard InChI is InChI=1S/C12H13N5S/c1-17-6-8(5-14-17)7-18-12-15-10-3-2-9(13)4-11(10)16-12/h2-6H,7,13H2,1H3,(H,15,16). The molecule has 2 heterocycles. The van der Waals surface area contributed by atoms with Crippen LogP contribution >= 0.6 is 11.8 Å². The number of aromatic amines is 1. The minimum absolute atomic E-state index is 0.745. The molecule has 0 fully saturated rings. The zero-order valence-corrected chi connectivity index (χ0v) is 10.7. The summed E-state index contributed by atoms with van der Waals surface area (Å²) in [7, 11) is 1.91. The van der Waals surface area contributed by atoms with E-state index in [1.807, 2.05) is 37.6 Å². The third-order valence-electron chi connectivity index (χ3n) is 2.62. The molecule has 0 aliphatic rings. The fraction of sp³-hybridized carbons (Fsp3) is 0.167. The largest absolute Gasteiger partial charge is 0.399 e. The third kappa shape index (κ3) is 2.19. The van der Waals surface area contributed by atoms with Gasteiger partial charge >= 0.3 is 0 Å². The summed E-state index contributed by atoms with van der Waals surface area (Å²) in [6, 6.07) is 5.69. The summed E-state index contributed by atoms with van der Waals surface area (Å²) in [5.74, 6) is 0.850. The van der Waals surface area contributed by atoms with Crippen molar-refractivity contribution in [2.45, 2.75) is 10.9 Å². The maximum Gasteiger partial charge on any atom is 0.166 e. The van der Waals surface area contributed by atoms with E-state index in [0.717, 1.165) is 27.6 Å². The van der Waals surface area contributed by atoms with E-state index in [-0.39, 0.29) is 0 Å². The monoisotopic (exact) mass is 259 g/mol. The lowest BCUT2D eigenvalue weighted by atomic mass is 10.3. The highest BCUT2D eigenvalue weighted by Crippen LogP contribution is 2.23. The molecule has 3 rings (SSSR count). The van der Waals surface area contributed by atoms with Crippen molar-refractivity contribution in [3.63, 3.8) is 0 Å². The quantitative estimate of drug-likeness (QED) is 0.558. The zero-order valence-electron chi connectivity index (χ0n) is 9.92. The molecule has 6 heteroatoms. The number of hydrogen-bond donors (Lipinski definition) is 2. The molecule has 0 unspecified atom stereocenters. The van der Waals surface area contributed by atoms with Crippen LogP contribution in [0, 0.1) is 0 Å². The Labute approximate surface area is 108 Å². The number of imidazole rings is 1. The molecule has 0 bridgehead atoms. The molecule has 0 saturated heterocycles. The van der Waals surface area contributed by atoms with Crippen molar-refractivity contribution in [1.29, 1.82) is 0 Å². The van der Waals surface area contributed by atoms with Crippen LogP contribution in [0.15, 0.2) is 35.7 Å². The number of anilines is 1. The first-order chi connectivity index (χ1) is 8.70. The van der Waals surface area contributed by atoms with Gasteiger partial charge in [-0.15, -0.1) is 0 Å². The molecule has 18 heavy (non-hydrogen) atoms. The molecule has 3 aromatic rings. The fourth-order valence-electron chi connectivity index (χ4n) is 1.77. The van der Waals surface area contributed by atoms with Crippen LogP contribution in [-0.4, -0.2) is 19.7 Å². The van der Waals surface area contributed by atoms with E-state index in [4.69, 9.17) is 5.73 Å². The Morgan fingerprint density at radius 3 is 3.11 bits per heavy atom. The van der Waals surface area contributed by atoms with Gasteiger partial charge in [-0.25, -0.2) is 4.98 Å². The maximum atomic E-state index is 5.74. The van der Waals surface area contributed by atoms with Gasteiger partial charge in [-0.1, -0.05) is 11.8 Å². The van der Waals surface area contributed by atoms with Gasteiger partial charge in [0.05, 0.1) is 17.2 Å². The fourth-order valence-corrected chi connectivity index (χ4v) is 2.57. The topological polar surface area (TPSA) is 72.5 Å². The van der Waals surface area contributed by atoms with Crippen molar-refractivity contribution >= 4 is 28.5 Å². The number of thioether (sulfide) groups is 1. The number of rotatable bonds is 3. The van der Waals surface area contributed by atoms with Crippen LogP contribution in [0.25, 0.3) is 11.0 Å². The molecule has 5 nitrogen and oxygen atoms in total. The van der Waals surface area contributed by atoms with Crippen molar-refractivity contribution in [2.24, 2.45) is 7.05 Å². The Bertz CT molecular complexity index is 685. The summed E-state index contributed by atoms with van der Waals surface area (Å²) in [5, 5.41) is 5.04. The van der Waals surface area contributed by atoms with E-state index in [1.54, 1.807) is 16.4 Å². The summed E-state index contributed by atoms with van der Waals surface area (Å²) >= 11 is 1.66. The van der Waals surface area contributed by atoms with Gasteiger partial charge in [-0.05, 0) is 18.2 Å². The molecule has 2 aromatic heterocycles. The van der Waals surface area contributed by atoms with Crippen molar-refractivity contribution in [3.05, 3.63) is 36.2 Å². The minimum Gasteiger partial charge on any atom is -0.399 e. The van der Waals surface area contributed by atoms with E-state index in [9.17, 15) is 0 Å². The van der Waals surface area contributed by atoms with Crippen LogP contribution < -0.4 is 5.73 Å². The van der Waals surface area contributed by atoms with Crippen molar-refractivity contribution in [1.82, 2.24) is 19.7 Å². The summed E-state index contributed by atoms with van der Waals surface area (Å²) in [6.45, 7) is 0. The van der Waals surface area contributed by atoms with E-state index in [0.29, 0.717) is 0 Å². The molecule has 0 amide bonds. The van der Waals surface area contributed by atoms with E-state index < -0.39 is 0 Å². The van der Waals surface area contributed by atoms with Gasteiger partial charge in [0.2, 0.25) is 0 Å². The Morgan fingerprint density at radius 1 is 1.44 bits per heavy atom. The van der Waals surface area contributed by atoms with Gasteiger partial charge in [-0.2, -0.15) is 5.10 Å². The number of aryl methyl sites for hydroxylation is 1. The Hall–Kier alpha value is -1.95. The molecule has 0 radical (unpaired) electrons. The third-order valence-corrected chi connectivity index (χ3v) is 3.56. The lowest BCUT2D eigenvalue weighted by molar-refractivity contribution is 0.767. The molecule has 0 atom stereocenters. The van der Waals surface area contributed by atoms with E-state index in [2.05, 4.69) is 15.1 Å². The molecular formula is C12H13N5S. The molecule has 92 valence electrons. The average molecular weight is 259 g/mol. The van der Waals surface area contributed by atoms with Crippen molar-refractivity contribution in [2.75, 3.05) is 5.73 Å². The van der Waals surface area contributed by atoms with Crippen LogP contribution in [-0.2, 0) is 12.8 Å². The lowest BCUT2D eigenvalue weighted by Crippen LogP contribution is -1.84. The second kappa shape index (κ2) is 4.38. The number of nitrogens with two attached hydrogens (primary N) is 1. The van der Waals surface area contributed by atoms with Crippen LogP contribution in [0.5, 0.6) is 0 Å². The van der Waals surface area contributed by atoms with E-state index >= 15 is 0 Å². The Balaban J connectivity index is 1.78. The first-order valence-corrected chi connectivity index (χ1v) is 6.55. The zero-order chi connectivity index (χ0) is 12.5. The highest BCUT2D eigenvalue weighted by molar-refractivity contribution is 7.98. The van der Waals surface area contributed by atoms with Gasteiger partial charge in [0.1, 0.15) is 0 Å². The van der Waals surface area contributed by atoms with Gasteiger partial charge in [0.25, 0.3) is 0 Å². The van der Waals surface area contributed by atoms with Crippen molar-refractivity contribution in [3.8, 4) is 0 Å². The van der Waals surface area contributed by atoms with Crippen LogP contribution in [0.3, 0.4) is 0 Å². The first kappa shape index (κ1) is 11.2. The lowest BCUT2D eigenvalue weighted by Gasteiger charge is -1.93. The van der Waals surface area contributed by atoms with Gasteiger partial charge in [-0.3, -0.25) is 4.68 Å². The SMILES string of the molecule is Cn1cc(CSc2nc3ccc(N)cc3[nH]2)cn1. The van der Waals surface area contributed by atoms with Gasteiger partial charge < -0.3 is 10.7 Å². The summed E-state index contributed by atoms with van der Waals surface area (Å²) < 4.78 is 1.80. The second-order valence-electron chi connectivity index (χ2n) is 4.13. The number of aromatic nitrogens is 4. The summed E-state index contributed by atoms with van der Waals surface area (Å²) in [4.78, 5) is 7.76. The van der Waals surface area contributed by atoms with Crippen molar-refractivity contribution < 1.29 is 0 Å². The normalized spacial score (nSPS) is 11.2. The first-order valence-electron chi connectivity index (χ1n) is 5.56. The molecule has 1 aromatic carbocycles. The predicted octanol–water partition coefficient (Wildman–Crippen LogP) is 2.17. The number of H-pyrrole nitrogens is 1. The highest BCUT2D eigenvalue weighted by atomic mass is 32.2. The number of nitrogens with zero attached hydrogens (tertiary/aromatic N) is 3. The number of fused-ring (bicyclic) bond motifs is 1. The number of benzene rings is 1. The molecule has 3 N–H and O–H groups in total. The second-order valence-corrected chi connectivity index (χ2v) is 5.09. The molecule has 0 spiro atoms. The highest BCUT2D eigenvalue weighted by Gasteiger charge is 2.04. The Kier molecular flexibility index (Phi) is 2.71. The number of nitrogen functional groups attached to an aromatic ring is 1. The van der Waals surface area contributed by atoms with Gasteiger partial charge in [0, 0.05) is 30.2 Å².